The highest BCUT2D eigenvalue weighted by Crippen LogP contribution is 2.25. The number of amides is 1. The summed E-state index contributed by atoms with van der Waals surface area (Å²) in [5.74, 6) is -1.93. The topological polar surface area (TPSA) is 78.2 Å². The predicted molar refractivity (Wildman–Crippen MR) is 68.3 cm³/mol. The maximum Gasteiger partial charge on any atom is 0.243 e. The van der Waals surface area contributed by atoms with Crippen LogP contribution in [0.4, 0.5) is 10.1 Å². The lowest BCUT2D eigenvalue weighted by Crippen LogP contribution is -2.39. The summed E-state index contributed by atoms with van der Waals surface area (Å²) in [7, 11) is -3.90. The molecule has 0 unspecified atom stereocenters. The van der Waals surface area contributed by atoms with Crippen molar-refractivity contribution in [1.82, 2.24) is 0 Å². The van der Waals surface area contributed by atoms with Crippen molar-refractivity contribution in [2.75, 3.05) is 10.6 Å². The molecule has 0 aliphatic heterocycles. The largest absolute Gasteiger partial charge is 0.273 e. The number of hydrogen-bond donors (Lipinski definition) is 0. The molecule has 19 heavy (non-hydrogen) atoms. The van der Waals surface area contributed by atoms with E-state index < -0.39 is 27.7 Å². The monoisotopic (exact) mass is 284 g/mol. The van der Waals surface area contributed by atoms with Crippen LogP contribution in [-0.2, 0) is 14.8 Å². The van der Waals surface area contributed by atoms with E-state index in [1.54, 1.807) is 6.07 Å². The van der Waals surface area contributed by atoms with Crippen LogP contribution in [0.2, 0.25) is 0 Å². The third-order valence-electron chi connectivity index (χ3n) is 2.32. The van der Waals surface area contributed by atoms with Crippen molar-refractivity contribution < 1.29 is 17.6 Å². The fraction of sp³-hybridized carbons (Fsp3) is 0.333. The Labute approximate surface area is 111 Å². The predicted octanol–water partition coefficient (Wildman–Crippen LogP) is 1.65. The summed E-state index contributed by atoms with van der Waals surface area (Å²) in [4.78, 5) is 12.0. The summed E-state index contributed by atoms with van der Waals surface area (Å²) in [6.45, 7) is 3.08. The molecule has 0 aliphatic carbocycles. The molecule has 7 heteroatoms. The summed E-state index contributed by atoms with van der Waals surface area (Å²) in [6, 6.07) is 4.68. The van der Waals surface area contributed by atoms with Gasteiger partial charge in [-0.2, -0.15) is 5.26 Å². The highest BCUT2D eigenvalue weighted by molar-refractivity contribution is 7.92. The Morgan fingerprint density at radius 3 is 2.42 bits per heavy atom. The van der Waals surface area contributed by atoms with Crippen molar-refractivity contribution in [3.05, 3.63) is 29.6 Å². The molecule has 0 spiro atoms. The number of nitriles is 1. The van der Waals surface area contributed by atoms with Crippen LogP contribution in [0.25, 0.3) is 0 Å². The van der Waals surface area contributed by atoms with Crippen LogP contribution in [0.15, 0.2) is 18.2 Å². The molecule has 1 aromatic carbocycles. The van der Waals surface area contributed by atoms with Crippen LogP contribution in [0.5, 0.6) is 0 Å². The molecular weight excluding hydrogens is 271 g/mol. The van der Waals surface area contributed by atoms with Gasteiger partial charge in [0.05, 0.1) is 17.5 Å². The normalized spacial score (nSPS) is 11.2. The van der Waals surface area contributed by atoms with Gasteiger partial charge in [-0.25, -0.2) is 17.1 Å². The Morgan fingerprint density at radius 1 is 1.42 bits per heavy atom. The molecule has 0 bridgehead atoms. The van der Waals surface area contributed by atoms with Crippen molar-refractivity contribution >= 4 is 21.6 Å². The first kappa shape index (κ1) is 15.1. The Bertz CT molecular complexity index is 647. The van der Waals surface area contributed by atoms with Crippen LogP contribution in [0, 0.1) is 23.1 Å². The van der Waals surface area contributed by atoms with Crippen molar-refractivity contribution in [2.24, 2.45) is 5.92 Å². The molecule has 0 aromatic heterocycles. The van der Waals surface area contributed by atoms with E-state index >= 15 is 0 Å². The zero-order chi connectivity index (χ0) is 14.8. The number of anilines is 1. The molecule has 0 radical (unpaired) electrons. The van der Waals surface area contributed by atoms with Crippen LogP contribution in [-0.4, -0.2) is 20.6 Å². The van der Waals surface area contributed by atoms with Crippen LogP contribution >= 0.6 is 0 Å². The molecule has 102 valence electrons. The number of halogens is 1. The van der Waals surface area contributed by atoms with Gasteiger partial charge in [-0.3, -0.25) is 4.79 Å². The van der Waals surface area contributed by atoms with Gasteiger partial charge in [0, 0.05) is 5.92 Å². The van der Waals surface area contributed by atoms with E-state index in [0.717, 1.165) is 24.5 Å². The number of carbonyl (C=O) groups is 1. The molecular formula is C12H13FN2O3S. The second kappa shape index (κ2) is 5.36. The lowest BCUT2D eigenvalue weighted by atomic mass is 10.1. The first-order valence-corrected chi connectivity index (χ1v) is 7.27. The van der Waals surface area contributed by atoms with E-state index in [1.165, 1.54) is 13.8 Å². The van der Waals surface area contributed by atoms with Gasteiger partial charge in [0.2, 0.25) is 15.9 Å². The molecule has 0 aliphatic rings. The molecule has 0 N–H and O–H groups in total. The van der Waals surface area contributed by atoms with E-state index in [4.69, 9.17) is 5.26 Å². The highest BCUT2D eigenvalue weighted by Gasteiger charge is 2.29. The second-order valence-corrected chi connectivity index (χ2v) is 6.12. The van der Waals surface area contributed by atoms with Gasteiger partial charge in [0.15, 0.2) is 0 Å². The van der Waals surface area contributed by atoms with Gasteiger partial charge < -0.3 is 0 Å². The van der Waals surface area contributed by atoms with Crippen molar-refractivity contribution in [3.8, 4) is 6.07 Å². The molecule has 0 heterocycles. The van der Waals surface area contributed by atoms with E-state index in [0.29, 0.717) is 4.31 Å². The molecule has 0 atom stereocenters. The summed E-state index contributed by atoms with van der Waals surface area (Å²) >= 11 is 0. The number of hydrogen-bond acceptors (Lipinski definition) is 4. The standard InChI is InChI=1S/C12H13FN2O3S/c1-8(2)12(16)15(19(3,17)18)11-5-4-10(13)6-9(11)7-14/h4-6,8H,1-3H3. The smallest absolute Gasteiger partial charge is 0.243 e. The average molecular weight is 284 g/mol. The molecule has 1 rings (SSSR count). The maximum absolute atomic E-state index is 13.0. The van der Waals surface area contributed by atoms with Gasteiger partial charge in [-0.15, -0.1) is 0 Å². The summed E-state index contributed by atoms with van der Waals surface area (Å²) < 4.78 is 37.1. The summed E-state index contributed by atoms with van der Waals surface area (Å²) in [5, 5.41) is 8.93. The number of benzene rings is 1. The fourth-order valence-electron chi connectivity index (χ4n) is 1.47. The van der Waals surface area contributed by atoms with Crippen LogP contribution in [0.3, 0.4) is 0 Å². The lowest BCUT2D eigenvalue weighted by Gasteiger charge is -2.23. The number of nitrogens with zero attached hydrogens (tertiary/aromatic N) is 2. The minimum atomic E-state index is -3.90. The molecule has 5 nitrogen and oxygen atoms in total. The van der Waals surface area contributed by atoms with Gasteiger partial charge in [-0.1, -0.05) is 13.8 Å². The zero-order valence-corrected chi connectivity index (χ0v) is 11.5. The second-order valence-electron chi connectivity index (χ2n) is 4.29. The molecule has 0 fully saturated rings. The average Bonchev–Trinajstić information content (AvgIpc) is 2.29. The minimum Gasteiger partial charge on any atom is -0.273 e. The Kier molecular flexibility index (Phi) is 4.27. The zero-order valence-electron chi connectivity index (χ0n) is 10.7. The van der Waals surface area contributed by atoms with Crippen LogP contribution < -0.4 is 4.31 Å². The maximum atomic E-state index is 13.0. The van der Waals surface area contributed by atoms with Gasteiger partial charge >= 0.3 is 0 Å². The van der Waals surface area contributed by atoms with Crippen molar-refractivity contribution in [2.45, 2.75) is 13.8 Å². The third-order valence-corrected chi connectivity index (χ3v) is 3.36. The van der Waals surface area contributed by atoms with Gasteiger partial charge in [0.25, 0.3) is 0 Å². The fourth-order valence-corrected chi connectivity index (χ4v) is 2.52. The summed E-state index contributed by atoms with van der Waals surface area (Å²) in [6.07, 6.45) is 0.859. The molecule has 1 amide bonds. The number of rotatable bonds is 3. The minimum absolute atomic E-state index is 0.134. The van der Waals surface area contributed by atoms with Crippen molar-refractivity contribution in [1.29, 1.82) is 5.26 Å². The van der Waals surface area contributed by atoms with E-state index in [1.807, 2.05) is 0 Å². The van der Waals surface area contributed by atoms with Gasteiger partial charge in [0.1, 0.15) is 11.9 Å². The first-order valence-electron chi connectivity index (χ1n) is 5.42. The first-order chi connectivity index (χ1) is 8.68. The molecule has 0 saturated carbocycles. The number of carbonyl (C=O) groups excluding carboxylic acids is 1. The summed E-state index contributed by atoms with van der Waals surface area (Å²) in [5.41, 5.74) is -0.343. The van der Waals surface area contributed by atoms with Gasteiger partial charge in [-0.05, 0) is 18.2 Å². The Morgan fingerprint density at radius 2 is 2.00 bits per heavy atom. The molecule has 1 aromatic rings. The Balaban J connectivity index is 3.52. The van der Waals surface area contributed by atoms with Crippen molar-refractivity contribution in [3.63, 3.8) is 0 Å². The molecule has 0 saturated heterocycles. The van der Waals surface area contributed by atoms with E-state index in [-0.39, 0.29) is 11.3 Å². The Hall–Kier alpha value is -1.94. The number of sulfonamides is 1. The highest BCUT2D eigenvalue weighted by atomic mass is 32.2. The van der Waals surface area contributed by atoms with Crippen LogP contribution in [0.1, 0.15) is 19.4 Å². The van der Waals surface area contributed by atoms with E-state index in [2.05, 4.69) is 0 Å². The lowest BCUT2D eigenvalue weighted by molar-refractivity contribution is -0.120. The SMILES string of the molecule is CC(C)C(=O)N(c1ccc(F)cc1C#N)S(C)(=O)=O. The van der Waals surface area contributed by atoms with E-state index in [9.17, 15) is 17.6 Å². The third kappa shape index (κ3) is 3.29. The quantitative estimate of drug-likeness (QED) is 0.845.